The Morgan fingerprint density at radius 3 is 2.33 bits per heavy atom. The molecule has 1 atom stereocenters. The number of nitrogen functional groups attached to an aromatic ring is 1. The molecule has 1 aromatic heterocycles. The molecule has 2 amide bonds. The predicted octanol–water partition coefficient (Wildman–Crippen LogP) is 1.88. The summed E-state index contributed by atoms with van der Waals surface area (Å²) in [6, 6.07) is -0.429. The van der Waals surface area contributed by atoms with Crippen LogP contribution in [0.2, 0.25) is 0 Å². The van der Waals surface area contributed by atoms with Gasteiger partial charge in [0.15, 0.2) is 0 Å². The van der Waals surface area contributed by atoms with Crippen molar-refractivity contribution in [2.24, 2.45) is 17.6 Å². The minimum atomic E-state index is -1.20. The average Bonchev–Trinajstić information content (AvgIpc) is 2.75. The molecule has 0 bridgehead atoms. The van der Waals surface area contributed by atoms with Gasteiger partial charge < -0.3 is 27.2 Å². The van der Waals surface area contributed by atoms with E-state index in [0.29, 0.717) is 25.7 Å². The Bertz CT molecular complexity index is 786. The number of amides is 2. The van der Waals surface area contributed by atoms with Crippen LogP contribution in [0, 0.1) is 11.8 Å². The second-order valence-electron chi connectivity index (χ2n) is 8.42. The number of nitrogens with two attached hydrogens (primary N) is 2. The van der Waals surface area contributed by atoms with E-state index in [2.05, 4.69) is 15.6 Å². The number of nitrogens with one attached hydrogen (secondary N) is 2. The third-order valence-electron chi connectivity index (χ3n) is 6.38. The summed E-state index contributed by atoms with van der Waals surface area (Å²) in [7, 11) is 0. The van der Waals surface area contributed by atoms with E-state index in [0.717, 1.165) is 31.9 Å². The lowest BCUT2D eigenvalue weighted by molar-refractivity contribution is -0.124. The van der Waals surface area contributed by atoms with E-state index < -0.39 is 12.0 Å². The topological polar surface area (TPSA) is 160 Å². The molecular formula is C21H31N5O4. The number of nitrogens with zero attached hydrogens (tertiary/aromatic N) is 1. The zero-order valence-corrected chi connectivity index (χ0v) is 17.1. The van der Waals surface area contributed by atoms with Crippen molar-refractivity contribution in [1.29, 1.82) is 0 Å². The number of aromatic carboxylic acids is 1. The average molecular weight is 418 g/mol. The lowest BCUT2D eigenvalue weighted by atomic mass is 9.83. The molecular weight excluding hydrogens is 386 g/mol. The number of aromatic nitrogens is 1. The number of anilines is 2. The fourth-order valence-electron chi connectivity index (χ4n) is 4.48. The van der Waals surface area contributed by atoms with Crippen LogP contribution in [-0.4, -0.2) is 40.0 Å². The third-order valence-corrected chi connectivity index (χ3v) is 6.38. The molecule has 2 saturated carbocycles. The highest BCUT2D eigenvalue weighted by atomic mass is 16.4. The smallest absolute Gasteiger partial charge is 0.339 e. The van der Waals surface area contributed by atoms with Crippen LogP contribution in [0.3, 0.4) is 0 Å². The highest BCUT2D eigenvalue weighted by Gasteiger charge is 2.31. The second-order valence-corrected chi connectivity index (χ2v) is 8.42. The Morgan fingerprint density at radius 2 is 1.70 bits per heavy atom. The van der Waals surface area contributed by atoms with Crippen molar-refractivity contribution in [2.45, 2.75) is 69.9 Å². The Kier molecular flexibility index (Phi) is 7.25. The lowest BCUT2D eigenvalue weighted by Gasteiger charge is -2.31. The summed E-state index contributed by atoms with van der Waals surface area (Å²) in [5, 5.41) is 14.9. The van der Waals surface area contributed by atoms with Gasteiger partial charge in [0.2, 0.25) is 11.8 Å². The molecule has 9 nitrogen and oxygen atoms in total. The quantitative estimate of drug-likeness (QED) is 0.472. The normalized spacial score (nSPS) is 23.4. The van der Waals surface area contributed by atoms with E-state index in [1.807, 2.05) is 0 Å². The maximum atomic E-state index is 12.6. The first-order valence-corrected chi connectivity index (χ1v) is 10.7. The van der Waals surface area contributed by atoms with Crippen molar-refractivity contribution >= 4 is 29.2 Å². The first-order chi connectivity index (χ1) is 14.4. The van der Waals surface area contributed by atoms with Crippen LogP contribution >= 0.6 is 0 Å². The highest BCUT2D eigenvalue weighted by molar-refractivity contribution is 6.01. The van der Waals surface area contributed by atoms with Gasteiger partial charge in [-0.2, -0.15) is 0 Å². The molecule has 0 unspecified atom stereocenters. The molecule has 0 aliphatic heterocycles. The lowest BCUT2D eigenvalue weighted by Crippen LogP contribution is -2.50. The first kappa shape index (κ1) is 22.0. The summed E-state index contributed by atoms with van der Waals surface area (Å²) in [5.74, 6) is -1.45. The van der Waals surface area contributed by atoms with Gasteiger partial charge in [0, 0.05) is 18.2 Å². The number of pyridine rings is 1. The minimum Gasteiger partial charge on any atom is -0.478 e. The molecule has 1 heterocycles. The van der Waals surface area contributed by atoms with Gasteiger partial charge in [-0.25, -0.2) is 4.79 Å². The molecule has 9 heteroatoms. The van der Waals surface area contributed by atoms with Crippen molar-refractivity contribution in [3.63, 3.8) is 0 Å². The summed E-state index contributed by atoms with van der Waals surface area (Å²) < 4.78 is 0. The van der Waals surface area contributed by atoms with Gasteiger partial charge in [0.1, 0.15) is 5.56 Å². The number of hydrogen-bond donors (Lipinski definition) is 5. The number of carbonyl (C=O) groups excluding carboxylic acids is 2. The maximum absolute atomic E-state index is 12.6. The summed E-state index contributed by atoms with van der Waals surface area (Å²) in [6.45, 7) is 0. The molecule has 0 saturated heterocycles. The Labute approximate surface area is 176 Å². The number of carbonyl (C=O) groups is 3. The Hall–Kier alpha value is -2.68. The van der Waals surface area contributed by atoms with E-state index in [1.54, 1.807) is 0 Å². The van der Waals surface area contributed by atoms with Gasteiger partial charge in [0.05, 0.1) is 23.6 Å². The zero-order chi connectivity index (χ0) is 21.7. The van der Waals surface area contributed by atoms with Crippen molar-refractivity contribution < 1.29 is 19.5 Å². The van der Waals surface area contributed by atoms with E-state index in [9.17, 15) is 14.4 Å². The van der Waals surface area contributed by atoms with E-state index in [4.69, 9.17) is 16.6 Å². The summed E-state index contributed by atoms with van der Waals surface area (Å²) in [6.07, 6.45) is 10.7. The monoisotopic (exact) mass is 417 g/mol. The standard InChI is InChI=1S/C21H31N5O4/c22-17(12-4-2-1-3-5-12)20(28)25-14-8-6-13(7-9-14)19(27)26-16-11-24-10-15(18(16)23)21(29)30/h10-14,17H,1-9,22H2,(H2,23,24)(H,25,28)(H,26,27)(H,29,30)/t13?,14?,17-/m0/s1. The molecule has 0 spiro atoms. The molecule has 3 rings (SSSR count). The van der Waals surface area contributed by atoms with E-state index >= 15 is 0 Å². The van der Waals surface area contributed by atoms with Gasteiger partial charge in [-0.1, -0.05) is 19.3 Å². The molecule has 164 valence electrons. The van der Waals surface area contributed by atoms with Crippen LogP contribution in [-0.2, 0) is 9.59 Å². The fourth-order valence-corrected chi connectivity index (χ4v) is 4.48. The van der Waals surface area contributed by atoms with Crippen molar-refractivity contribution in [1.82, 2.24) is 10.3 Å². The van der Waals surface area contributed by atoms with Gasteiger partial charge in [-0.15, -0.1) is 0 Å². The number of hydrogen-bond acceptors (Lipinski definition) is 6. The summed E-state index contributed by atoms with van der Waals surface area (Å²) >= 11 is 0. The first-order valence-electron chi connectivity index (χ1n) is 10.7. The number of carboxylic acid groups (broad SMARTS) is 1. The van der Waals surface area contributed by atoms with Gasteiger partial charge in [0.25, 0.3) is 0 Å². The SMILES string of the molecule is Nc1c(NC(=O)C2CCC(NC(=O)[C@@H](N)C3CCCCC3)CC2)cncc1C(=O)O. The van der Waals surface area contributed by atoms with Crippen LogP contribution < -0.4 is 22.1 Å². The summed E-state index contributed by atoms with van der Waals surface area (Å²) in [5.41, 5.74) is 12.1. The summed E-state index contributed by atoms with van der Waals surface area (Å²) in [4.78, 5) is 40.1. The Balaban J connectivity index is 1.48. The molecule has 0 radical (unpaired) electrons. The van der Waals surface area contributed by atoms with Gasteiger partial charge in [-0.3, -0.25) is 14.6 Å². The molecule has 7 N–H and O–H groups in total. The van der Waals surface area contributed by atoms with Crippen LogP contribution in [0.25, 0.3) is 0 Å². The van der Waals surface area contributed by atoms with Crippen molar-refractivity contribution in [3.05, 3.63) is 18.0 Å². The van der Waals surface area contributed by atoms with Gasteiger partial charge in [-0.05, 0) is 44.4 Å². The Morgan fingerprint density at radius 1 is 1.03 bits per heavy atom. The van der Waals surface area contributed by atoms with Crippen LogP contribution in [0.15, 0.2) is 12.4 Å². The van der Waals surface area contributed by atoms with Gasteiger partial charge >= 0.3 is 5.97 Å². The van der Waals surface area contributed by atoms with Crippen molar-refractivity contribution in [2.75, 3.05) is 11.1 Å². The van der Waals surface area contributed by atoms with Crippen LogP contribution in [0.4, 0.5) is 11.4 Å². The predicted molar refractivity (Wildman–Crippen MR) is 113 cm³/mol. The van der Waals surface area contributed by atoms with E-state index in [1.165, 1.54) is 12.6 Å². The van der Waals surface area contributed by atoms with Crippen LogP contribution in [0.5, 0.6) is 0 Å². The minimum absolute atomic E-state index is 0.0106. The molecule has 2 fully saturated rings. The zero-order valence-electron chi connectivity index (χ0n) is 17.1. The molecule has 0 aromatic carbocycles. The molecule has 1 aromatic rings. The van der Waals surface area contributed by atoms with E-state index in [-0.39, 0.29) is 46.6 Å². The highest BCUT2D eigenvalue weighted by Crippen LogP contribution is 2.29. The second kappa shape index (κ2) is 9.88. The van der Waals surface area contributed by atoms with Crippen molar-refractivity contribution in [3.8, 4) is 0 Å². The molecule has 2 aliphatic carbocycles. The third kappa shape index (κ3) is 5.27. The molecule has 2 aliphatic rings. The fraction of sp³-hybridized carbons (Fsp3) is 0.619. The maximum Gasteiger partial charge on any atom is 0.339 e. The van der Waals surface area contributed by atoms with Crippen LogP contribution in [0.1, 0.15) is 68.1 Å². The largest absolute Gasteiger partial charge is 0.478 e. The number of carboxylic acids is 1. The number of rotatable bonds is 6. The molecule has 30 heavy (non-hydrogen) atoms.